The molecule has 0 aliphatic carbocycles. The van der Waals surface area contributed by atoms with E-state index in [4.69, 9.17) is 14.2 Å². The van der Waals surface area contributed by atoms with E-state index in [0.717, 1.165) is 77.0 Å². The van der Waals surface area contributed by atoms with Crippen LogP contribution in [0, 0.1) is 0 Å². The molecule has 0 aliphatic rings. The Labute approximate surface area is 429 Å². The van der Waals surface area contributed by atoms with Gasteiger partial charge >= 0.3 is 17.9 Å². The van der Waals surface area contributed by atoms with E-state index in [1.807, 2.05) is 0 Å². The molecule has 0 saturated heterocycles. The van der Waals surface area contributed by atoms with Gasteiger partial charge in [0.25, 0.3) is 0 Å². The summed E-state index contributed by atoms with van der Waals surface area (Å²) in [4.78, 5) is 37.9. The lowest BCUT2D eigenvalue weighted by Gasteiger charge is -2.18. The molecule has 0 heterocycles. The molecule has 6 nitrogen and oxygen atoms in total. The van der Waals surface area contributed by atoms with Crippen molar-refractivity contribution >= 4 is 17.9 Å². The Morgan fingerprint density at radius 3 is 0.812 bits per heavy atom. The number of rotatable bonds is 56. The van der Waals surface area contributed by atoms with Gasteiger partial charge in [-0.1, -0.05) is 288 Å². The Kier molecular flexibility index (Phi) is 56.2. The first kappa shape index (κ1) is 66.6. The van der Waals surface area contributed by atoms with E-state index in [-0.39, 0.29) is 31.1 Å². The van der Waals surface area contributed by atoms with E-state index in [0.29, 0.717) is 19.3 Å². The van der Waals surface area contributed by atoms with Gasteiger partial charge in [0.2, 0.25) is 0 Å². The average Bonchev–Trinajstić information content (AvgIpc) is 3.35. The molecule has 69 heavy (non-hydrogen) atoms. The van der Waals surface area contributed by atoms with E-state index in [9.17, 15) is 14.4 Å². The molecule has 0 N–H and O–H groups in total. The third-order valence-electron chi connectivity index (χ3n) is 13.6. The second-order valence-corrected chi connectivity index (χ2v) is 20.6. The molecule has 0 fully saturated rings. The van der Waals surface area contributed by atoms with Crippen LogP contribution in [0.1, 0.15) is 329 Å². The first-order valence-corrected chi connectivity index (χ1v) is 30.5. The summed E-state index contributed by atoms with van der Waals surface area (Å²) in [5, 5.41) is 0. The molecule has 0 aliphatic heterocycles. The highest BCUT2D eigenvalue weighted by Gasteiger charge is 2.19. The molecule has 0 saturated carbocycles. The highest BCUT2D eigenvalue weighted by Crippen LogP contribution is 2.17. The van der Waals surface area contributed by atoms with Crippen LogP contribution in [-0.4, -0.2) is 37.2 Å². The SMILES string of the molecule is CCCCCCC/C=C\C/C=C\C/C=C\CCCCCCCCC(=O)OC(COC(=O)CCCCCCCC)COC(=O)CCCCCCCCCCCCCCCCCCCCCCCCCC. The minimum Gasteiger partial charge on any atom is -0.462 e. The minimum atomic E-state index is -0.774. The normalized spacial score (nSPS) is 12.2. The highest BCUT2D eigenvalue weighted by atomic mass is 16.6. The predicted octanol–water partition coefficient (Wildman–Crippen LogP) is 20.4. The first-order valence-electron chi connectivity index (χ1n) is 30.5. The third kappa shape index (κ3) is 56.4. The molecule has 0 spiro atoms. The van der Waals surface area contributed by atoms with Gasteiger partial charge in [-0.15, -0.1) is 0 Å². The number of carbonyl (C=O) groups excluding carboxylic acids is 3. The molecule has 1 atom stereocenters. The zero-order valence-corrected chi connectivity index (χ0v) is 46.3. The molecule has 1 unspecified atom stereocenters. The van der Waals surface area contributed by atoms with Crippen molar-refractivity contribution in [3.8, 4) is 0 Å². The van der Waals surface area contributed by atoms with Gasteiger partial charge < -0.3 is 14.2 Å². The van der Waals surface area contributed by atoms with Gasteiger partial charge in [-0.05, 0) is 57.8 Å². The topological polar surface area (TPSA) is 78.9 Å². The number of allylic oxidation sites excluding steroid dienone is 6. The predicted molar refractivity (Wildman–Crippen MR) is 298 cm³/mol. The maximum absolute atomic E-state index is 12.8. The van der Waals surface area contributed by atoms with Crippen LogP contribution in [-0.2, 0) is 28.6 Å². The van der Waals surface area contributed by atoms with E-state index in [1.165, 1.54) is 212 Å². The zero-order valence-electron chi connectivity index (χ0n) is 46.3. The van der Waals surface area contributed by atoms with Crippen LogP contribution in [0.2, 0.25) is 0 Å². The molecular formula is C63H116O6. The van der Waals surface area contributed by atoms with Gasteiger partial charge in [0, 0.05) is 19.3 Å². The van der Waals surface area contributed by atoms with E-state index < -0.39 is 6.10 Å². The number of hydrogen-bond acceptors (Lipinski definition) is 6. The summed E-state index contributed by atoms with van der Waals surface area (Å²) in [5.74, 6) is -0.879. The number of unbranched alkanes of at least 4 members (excludes halogenated alkanes) is 39. The molecule has 0 rings (SSSR count). The van der Waals surface area contributed by atoms with Crippen molar-refractivity contribution in [2.75, 3.05) is 13.2 Å². The van der Waals surface area contributed by atoms with Crippen molar-refractivity contribution in [1.82, 2.24) is 0 Å². The smallest absolute Gasteiger partial charge is 0.306 e. The summed E-state index contributed by atoms with van der Waals surface area (Å²) in [6.07, 6.45) is 70.4. The molecule has 0 bridgehead atoms. The second kappa shape index (κ2) is 58.2. The van der Waals surface area contributed by atoms with Crippen LogP contribution < -0.4 is 0 Å². The maximum atomic E-state index is 12.8. The molecule has 6 heteroatoms. The van der Waals surface area contributed by atoms with Crippen LogP contribution in [0.15, 0.2) is 36.5 Å². The van der Waals surface area contributed by atoms with E-state index in [2.05, 4.69) is 57.2 Å². The maximum Gasteiger partial charge on any atom is 0.306 e. The van der Waals surface area contributed by atoms with Crippen molar-refractivity contribution < 1.29 is 28.6 Å². The standard InChI is InChI=1S/C63H116O6/c1-4-7-10-13-16-18-20-22-24-26-28-30-31-32-34-35-37-39-41-43-45-47-50-53-56-62(65)68-59-60(58-67-61(64)55-52-49-15-12-9-6-3)69-63(66)57-54-51-48-46-44-42-40-38-36-33-29-27-25-23-21-19-17-14-11-8-5-2/h21,23,27,29,36,38,60H,4-20,22,24-26,28,30-35,37,39-59H2,1-3H3/b23-21-,29-27-,38-36-. The Hall–Kier alpha value is -2.37. The molecule has 0 aromatic heterocycles. The van der Waals surface area contributed by atoms with Crippen LogP contribution in [0.4, 0.5) is 0 Å². The van der Waals surface area contributed by atoms with Gasteiger partial charge in [-0.2, -0.15) is 0 Å². The number of esters is 3. The van der Waals surface area contributed by atoms with Gasteiger partial charge in [0.15, 0.2) is 6.10 Å². The molecule has 0 amide bonds. The fourth-order valence-electron chi connectivity index (χ4n) is 9.04. The molecule has 404 valence electrons. The second-order valence-electron chi connectivity index (χ2n) is 20.6. The van der Waals surface area contributed by atoms with Gasteiger partial charge in [0.1, 0.15) is 13.2 Å². The number of ether oxygens (including phenoxy) is 3. The Morgan fingerprint density at radius 2 is 0.522 bits per heavy atom. The minimum absolute atomic E-state index is 0.0738. The van der Waals surface area contributed by atoms with Crippen LogP contribution in [0.25, 0.3) is 0 Å². The summed E-state index contributed by atoms with van der Waals surface area (Å²) in [6.45, 7) is 6.60. The largest absolute Gasteiger partial charge is 0.462 e. The van der Waals surface area contributed by atoms with Crippen LogP contribution in [0.3, 0.4) is 0 Å². The Morgan fingerprint density at radius 1 is 0.290 bits per heavy atom. The fourth-order valence-corrected chi connectivity index (χ4v) is 9.04. The molecular weight excluding hydrogens is 853 g/mol. The summed E-state index contributed by atoms with van der Waals surface area (Å²) in [5.41, 5.74) is 0. The van der Waals surface area contributed by atoms with Crippen LogP contribution in [0.5, 0.6) is 0 Å². The van der Waals surface area contributed by atoms with Crippen LogP contribution >= 0.6 is 0 Å². The van der Waals surface area contributed by atoms with E-state index in [1.54, 1.807) is 0 Å². The average molecular weight is 970 g/mol. The lowest BCUT2D eigenvalue weighted by atomic mass is 10.0. The third-order valence-corrected chi connectivity index (χ3v) is 13.6. The molecule has 0 radical (unpaired) electrons. The summed E-state index contributed by atoms with van der Waals surface area (Å²) < 4.78 is 16.8. The Bertz CT molecular complexity index is 1160. The van der Waals surface area contributed by atoms with Crippen molar-refractivity contribution in [3.63, 3.8) is 0 Å². The van der Waals surface area contributed by atoms with Crippen molar-refractivity contribution in [3.05, 3.63) is 36.5 Å². The lowest BCUT2D eigenvalue weighted by molar-refractivity contribution is -0.167. The van der Waals surface area contributed by atoms with Gasteiger partial charge in [0.05, 0.1) is 0 Å². The van der Waals surface area contributed by atoms with E-state index >= 15 is 0 Å². The summed E-state index contributed by atoms with van der Waals surface area (Å²) in [7, 11) is 0. The van der Waals surface area contributed by atoms with Gasteiger partial charge in [-0.25, -0.2) is 0 Å². The Balaban J connectivity index is 4.10. The first-order chi connectivity index (χ1) is 34.0. The zero-order chi connectivity index (χ0) is 50.0. The number of hydrogen-bond donors (Lipinski definition) is 0. The quantitative estimate of drug-likeness (QED) is 0.0261. The van der Waals surface area contributed by atoms with Crippen molar-refractivity contribution in [2.45, 2.75) is 335 Å². The summed E-state index contributed by atoms with van der Waals surface area (Å²) >= 11 is 0. The monoisotopic (exact) mass is 969 g/mol. The van der Waals surface area contributed by atoms with Crippen molar-refractivity contribution in [1.29, 1.82) is 0 Å². The van der Waals surface area contributed by atoms with Gasteiger partial charge in [-0.3, -0.25) is 14.4 Å². The lowest BCUT2D eigenvalue weighted by Crippen LogP contribution is -2.30. The summed E-state index contributed by atoms with van der Waals surface area (Å²) in [6, 6.07) is 0. The van der Waals surface area contributed by atoms with Crippen molar-refractivity contribution in [2.24, 2.45) is 0 Å². The fraction of sp³-hybridized carbons (Fsp3) is 0.857. The number of carbonyl (C=O) groups is 3. The highest BCUT2D eigenvalue weighted by molar-refractivity contribution is 5.71. The molecule has 0 aromatic rings. The molecule has 0 aromatic carbocycles.